The Kier molecular flexibility index (Phi) is 8.18. The third kappa shape index (κ3) is 6.53. The van der Waals surface area contributed by atoms with Gasteiger partial charge in [0.1, 0.15) is 10.6 Å². The lowest BCUT2D eigenvalue weighted by Crippen LogP contribution is -2.34. The van der Waals surface area contributed by atoms with Gasteiger partial charge in [-0.2, -0.15) is 0 Å². The summed E-state index contributed by atoms with van der Waals surface area (Å²) in [6, 6.07) is 9.71. The molecular weight excluding hydrogens is 418 g/mol. The Bertz CT molecular complexity index is 1050. The molecule has 0 heterocycles. The summed E-state index contributed by atoms with van der Waals surface area (Å²) in [5.74, 6) is -0.325. The van der Waals surface area contributed by atoms with E-state index in [4.69, 9.17) is 4.74 Å². The van der Waals surface area contributed by atoms with Gasteiger partial charge in [-0.1, -0.05) is 13.8 Å². The highest BCUT2D eigenvalue weighted by atomic mass is 32.2. The monoisotopic (exact) mass is 447 g/mol. The van der Waals surface area contributed by atoms with E-state index >= 15 is 0 Å². The lowest BCUT2D eigenvalue weighted by atomic mass is 10.1. The van der Waals surface area contributed by atoms with Crippen LogP contribution in [-0.2, 0) is 14.8 Å². The molecule has 0 aliphatic heterocycles. The summed E-state index contributed by atoms with van der Waals surface area (Å²) in [6.07, 6.45) is 0. The smallest absolute Gasteiger partial charge is 0.251 e. The molecule has 31 heavy (non-hydrogen) atoms. The van der Waals surface area contributed by atoms with Crippen LogP contribution in [0.15, 0.2) is 41.3 Å². The van der Waals surface area contributed by atoms with Crippen LogP contribution in [0.2, 0.25) is 0 Å². The van der Waals surface area contributed by atoms with E-state index in [9.17, 15) is 18.0 Å². The van der Waals surface area contributed by atoms with Gasteiger partial charge in [0.05, 0.1) is 7.11 Å². The van der Waals surface area contributed by atoms with Crippen LogP contribution >= 0.6 is 0 Å². The van der Waals surface area contributed by atoms with Crippen molar-refractivity contribution in [2.24, 2.45) is 5.92 Å². The van der Waals surface area contributed by atoms with Crippen LogP contribution in [0, 0.1) is 19.8 Å². The topological polar surface area (TPSA) is 114 Å². The molecule has 0 aromatic heterocycles. The van der Waals surface area contributed by atoms with E-state index in [2.05, 4.69) is 15.4 Å². The van der Waals surface area contributed by atoms with E-state index < -0.39 is 10.0 Å². The van der Waals surface area contributed by atoms with Gasteiger partial charge in [0.25, 0.3) is 5.91 Å². The maximum absolute atomic E-state index is 12.6. The number of ether oxygens (including phenoxy) is 1. The van der Waals surface area contributed by atoms with Crippen molar-refractivity contribution >= 4 is 27.5 Å². The summed E-state index contributed by atoms with van der Waals surface area (Å²) >= 11 is 0. The molecule has 0 saturated carbocycles. The number of aryl methyl sites for hydroxylation is 2. The maximum Gasteiger partial charge on any atom is 0.251 e. The van der Waals surface area contributed by atoms with Crippen molar-refractivity contribution < 1.29 is 22.7 Å². The van der Waals surface area contributed by atoms with Crippen molar-refractivity contribution in [3.8, 4) is 5.75 Å². The van der Waals surface area contributed by atoms with E-state index in [0.29, 0.717) is 11.3 Å². The Labute approximate surface area is 183 Å². The molecule has 0 radical (unpaired) electrons. The lowest BCUT2D eigenvalue weighted by Gasteiger charge is -2.13. The number of carbonyl (C=O) groups is 2. The van der Waals surface area contributed by atoms with Crippen LogP contribution in [-0.4, -0.2) is 40.4 Å². The first-order valence-corrected chi connectivity index (χ1v) is 11.4. The zero-order valence-electron chi connectivity index (χ0n) is 18.4. The van der Waals surface area contributed by atoms with Gasteiger partial charge in [-0.25, -0.2) is 13.1 Å². The van der Waals surface area contributed by atoms with E-state index in [0.717, 1.165) is 11.1 Å². The van der Waals surface area contributed by atoms with Gasteiger partial charge in [-0.05, 0) is 61.4 Å². The quantitative estimate of drug-likeness (QED) is 0.512. The predicted molar refractivity (Wildman–Crippen MR) is 120 cm³/mol. The van der Waals surface area contributed by atoms with Crippen LogP contribution in [0.3, 0.4) is 0 Å². The molecule has 8 nitrogen and oxygen atoms in total. The summed E-state index contributed by atoms with van der Waals surface area (Å²) < 4.78 is 32.9. The van der Waals surface area contributed by atoms with E-state index in [-0.39, 0.29) is 41.5 Å². The molecule has 0 aliphatic carbocycles. The van der Waals surface area contributed by atoms with Crippen LogP contribution in [0.1, 0.15) is 35.3 Å². The van der Waals surface area contributed by atoms with Crippen molar-refractivity contribution in [1.29, 1.82) is 0 Å². The normalized spacial score (nSPS) is 11.3. The average Bonchev–Trinajstić information content (AvgIpc) is 2.73. The summed E-state index contributed by atoms with van der Waals surface area (Å²) in [6.45, 7) is 7.42. The SMILES string of the molecule is COc1cc(C)c(C)cc1S(=O)(=O)NCCNC(=O)c1ccc(NC(=O)C(C)C)cc1. The van der Waals surface area contributed by atoms with Crippen LogP contribution in [0.25, 0.3) is 0 Å². The number of hydrogen-bond donors (Lipinski definition) is 3. The van der Waals surface area contributed by atoms with Crippen molar-refractivity contribution in [2.45, 2.75) is 32.6 Å². The molecule has 2 aromatic carbocycles. The van der Waals surface area contributed by atoms with Gasteiger partial charge in [-0.3, -0.25) is 9.59 Å². The number of nitrogens with one attached hydrogen (secondary N) is 3. The average molecular weight is 448 g/mol. The Morgan fingerprint density at radius 1 is 1.00 bits per heavy atom. The highest BCUT2D eigenvalue weighted by molar-refractivity contribution is 7.89. The van der Waals surface area contributed by atoms with Gasteiger partial charge in [0, 0.05) is 30.3 Å². The third-order valence-corrected chi connectivity index (χ3v) is 6.19. The fraction of sp³-hybridized carbons (Fsp3) is 0.364. The summed E-state index contributed by atoms with van der Waals surface area (Å²) in [4.78, 5) is 24.0. The number of hydrogen-bond acceptors (Lipinski definition) is 5. The van der Waals surface area contributed by atoms with Crippen LogP contribution in [0.5, 0.6) is 5.75 Å². The molecule has 0 atom stereocenters. The number of sulfonamides is 1. The van der Waals surface area contributed by atoms with Crippen molar-refractivity contribution in [1.82, 2.24) is 10.0 Å². The molecule has 0 aliphatic rings. The minimum absolute atomic E-state index is 0.0205. The minimum Gasteiger partial charge on any atom is -0.495 e. The van der Waals surface area contributed by atoms with Gasteiger partial charge in [0.15, 0.2) is 0 Å². The lowest BCUT2D eigenvalue weighted by molar-refractivity contribution is -0.118. The van der Waals surface area contributed by atoms with E-state index in [1.165, 1.54) is 7.11 Å². The number of anilines is 1. The number of carbonyl (C=O) groups excluding carboxylic acids is 2. The Hall–Kier alpha value is -2.91. The Balaban J connectivity index is 1.91. The zero-order chi connectivity index (χ0) is 23.2. The van der Waals surface area contributed by atoms with Crippen molar-refractivity contribution in [3.63, 3.8) is 0 Å². The second-order valence-corrected chi connectivity index (χ2v) is 9.20. The van der Waals surface area contributed by atoms with Crippen molar-refractivity contribution in [3.05, 3.63) is 53.1 Å². The highest BCUT2D eigenvalue weighted by Crippen LogP contribution is 2.27. The molecule has 0 fully saturated rings. The molecule has 0 unspecified atom stereocenters. The Morgan fingerprint density at radius 3 is 2.19 bits per heavy atom. The molecule has 168 valence electrons. The van der Waals surface area contributed by atoms with Crippen LogP contribution in [0.4, 0.5) is 5.69 Å². The fourth-order valence-corrected chi connectivity index (χ4v) is 3.93. The maximum atomic E-state index is 12.6. The largest absolute Gasteiger partial charge is 0.495 e. The first-order valence-electron chi connectivity index (χ1n) is 9.89. The molecule has 0 bridgehead atoms. The summed E-state index contributed by atoms with van der Waals surface area (Å²) in [5.41, 5.74) is 2.77. The van der Waals surface area contributed by atoms with Crippen LogP contribution < -0.4 is 20.1 Å². The highest BCUT2D eigenvalue weighted by Gasteiger charge is 2.20. The standard InChI is InChI=1S/C22H29N3O5S/c1-14(2)21(26)25-18-8-6-17(7-9-18)22(27)23-10-11-24-31(28,29)20-13-16(4)15(3)12-19(20)30-5/h6-9,12-14,24H,10-11H2,1-5H3,(H,23,27)(H,25,26). The molecule has 9 heteroatoms. The van der Waals surface area contributed by atoms with Crippen molar-refractivity contribution in [2.75, 3.05) is 25.5 Å². The first kappa shape index (κ1) is 24.4. The third-order valence-electron chi connectivity index (χ3n) is 4.71. The molecule has 2 amide bonds. The first-order chi connectivity index (χ1) is 14.5. The molecule has 0 saturated heterocycles. The molecular formula is C22H29N3O5S. The molecule has 2 rings (SSSR count). The second kappa shape index (κ2) is 10.4. The van der Waals surface area contributed by atoms with E-state index in [1.807, 2.05) is 13.8 Å². The zero-order valence-corrected chi connectivity index (χ0v) is 19.2. The number of methoxy groups -OCH3 is 1. The minimum atomic E-state index is -3.80. The molecule has 0 spiro atoms. The summed E-state index contributed by atoms with van der Waals surface area (Å²) in [5, 5.41) is 5.42. The van der Waals surface area contributed by atoms with Gasteiger partial charge >= 0.3 is 0 Å². The predicted octanol–water partition coefficient (Wildman–Crippen LogP) is 2.61. The number of amides is 2. The molecule has 2 aromatic rings. The van der Waals surface area contributed by atoms with Gasteiger partial charge in [-0.15, -0.1) is 0 Å². The Morgan fingerprint density at radius 2 is 1.61 bits per heavy atom. The second-order valence-electron chi connectivity index (χ2n) is 7.46. The van der Waals surface area contributed by atoms with Gasteiger partial charge < -0.3 is 15.4 Å². The van der Waals surface area contributed by atoms with E-state index in [1.54, 1.807) is 50.2 Å². The number of benzene rings is 2. The summed E-state index contributed by atoms with van der Waals surface area (Å²) in [7, 11) is -2.38. The number of rotatable bonds is 9. The van der Waals surface area contributed by atoms with Gasteiger partial charge in [0.2, 0.25) is 15.9 Å². The molecule has 3 N–H and O–H groups in total. The fourth-order valence-electron chi connectivity index (χ4n) is 2.67.